The maximum Gasteiger partial charge on any atom is 0.186 e. The maximum absolute atomic E-state index is 10.6. The number of nitrogen functional groups attached to an aromatic ring is 2. The predicted octanol–water partition coefficient (Wildman–Crippen LogP) is 1.54. The molecule has 0 spiro atoms. The average Bonchev–Trinajstić information content (AvgIpc) is 2.18. The lowest BCUT2D eigenvalue weighted by Gasteiger charge is -2.02. The van der Waals surface area contributed by atoms with Crippen molar-refractivity contribution in [2.24, 2.45) is 0 Å². The average molecular weight is 223 g/mol. The van der Waals surface area contributed by atoms with Gasteiger partial charge >= 0.3 is 0 Å². The highest BCUT2D eigenvalue weighted by molar-refractivity contribution is 8.13. The first kappa shape index (κ1) is 11.6. The van der Waals surface area contributed by atoms with E-state index >= 15 is 0 Å². The summed E-state index contributed by atoms with van der Waals surface area (Å²) in [6.07, 6.45) is 6.82. The minimum absolute atomic E-state index is 0.0957. The Hall–Kier alpha value is -1.49. The first-order chi connectivity index (χ1) is 7.11. The van der Waals surface area contributed by atoms with Crippen molar-refractivity contribution < 1.29 is 4.79 Å². The Kier molecular flexibility index (Phi) is 4.17. The number of rotatable bonds is 3. The van der Waals surface area contributed by atoms with Gasteiger partial charge in [-0.1, -0.05) is 23.9 Å². The van der Waals surface area contributed by atoms with Crippen LogP contribution in [0.2, 0.25) is 0 Å². The summed E-state index contributed by atoms with van der Waals surface area (Å²) < 4.78 is 0. The Morgan fingerprint density at radius 2 is 2.27 bits per heavy atom. The van der Waals surface area contributed by atoms with Crippen LogP contribution in [-0.4, -0.2) is 15.9 Å². The maximum atomic E-state index is 10.6. The molecule has 0 atom stereocenters. The van der Waals surface area contributed by atoms with Crippen molar-refractivity contribution in [1.29, 1.82) is 0 Å². The van der Waals surface area contributed by atoms with Gasteiger partial charge in [0.15, 0.2) is 5.12 Å². The van der Waals surface area contributed by atoms with E-state index in [0.717, 1.165) is 5.56 Å². The number of aromatic nitrogens is 1. The smallest absolute Gasteiger partial charge is 0.186 e. The quantitative estimate of drug-likeness (QED) is 0.812. The summed E-state index contributed by atoms with van der Waals surface area (Å²) in [7, 11) is 0. The van der Waals surface area contributed by atoms with E-state index in [-0.39, 0.29) is 5.12 Å². The van der Waals surface area contributed by atoms with E-state index in [2.05, 4.69) is 4.98 Å². The van der Waals surface area contributed by atoms with Crippen LogP contribution in [0.1, 0.15) is 12.5 Å². The number of carbonyl (C=O) groups excluding carboxylic acids is 1. The molecule has 0 saturated carbocycles. The fraction of sp³-hybridized carbons (Fsp3) is 0.200. The number of thioether (sulfide) groups is 1. The van der Waals surface area contributed by atoms with E-state index in [4.69, 9.17) is 11.5 Å². The lowest BCUT2D eigenvalue weighted by atomic mass is 10.2. The van der Waals surface area contributed by atoms with Crippen molar-refractivity contribution >= 4 is 34.3 Å². The van der Waals surface area contributed by atoms with Crippen LogP contribution in [0.4, 0.5) is 11.4 Å². The number of carbonyl (C=O) groups is 1. The van der Waals surface area contributed by atoms with Crippen molar-refractivity contribution in [1.82, 2.24) is 4.98 Å². The van der Waals surface area contributed by atoms with E-state index in [1.54, 1.807) is 6.20 Å². The Morgan fingerprint density at radius 1 is 1.53 bits per heavy atom. The molecule has 15 heavy (non-hydrogen) atoms. The van der Waals surface area contributed by atoms with Crippen molar-refractivity contribution in [3.05, 3.63) is 24.0 Å². The first-order valence-electron chi connectivity index (χ1n) is 4.40. The zero-order valence-corrected chi connectivity index (χ0v) is 9.25. The molecule has 4 N–H and O–H groups in total. The molecule has 0 unspecified atom stereocenters. The topological polar surface area (TPSA) is 82.0 Å². The van der Waals surface area contributed by atoms with E-state index in [0.29, 0.717) is 17.1 Å². The monoisotopic (exact) mass is 223 g/mol. The number of nitrogens with two attached hydrogens (primary N) is 2. The SMILES string of the molecule is CC(=O)SCC=Cc1cncc(N)c1N. The molecule has 0 radical (unpaired) electrons. The summed E-state index contributed by atoms with van der Waals surface area (Å²) in [5.41, 5.74) is 13.1. The number of hydrogen-bond donors (Lipinski definition) is 2. The second-order valence-electron chi connectivity index (χ2n) is 2.94. The fourth-order valence-corrected chi connectivity index (χ4v) is 1.40. The van der Waals surface area contributed by atoms with Crippen molar-refractivity contribution in [3.8, 4) is 0 Å². The molecule has 0 aliphatic heterocycles. The summed E-state index contributed by atoms with van der Waals surface area (Å²) in [6.45, 7) is 1.54. The normalized spacial score (nSPS) is 10.7. The van der Waals surface area contributed by atoms with Crippen molar-refractivity contribution in [2.45, 2.75) is 6.92 Å². The van der Waals surface area contributed by atoms with E-state index in [9.17, 15) is 4.79 Å². The van der Waals surface area contributed by atoms with Crippen molar-refractivity contribution in [3.63, 3.8) is 0 Å². The number of hydrogen-bond acceptors (Lipinski definition) is 5. The summed E-state index contributed by atoms with van der Waals surface area (Å²) >= 11 is 1.24. The molecule has 0 amide bonds. The van der Waals surface area contributed by atoms with Gasteiger partial charge < -0.3 is 11.5 Å². The lowest BCUT2D eigenvalue weighted by molar-refractivity contribution is -0.109. The van der Waals surface area contributed by atoms with Crippen molar-refractivity contribution in [2.75, 3.05) is 17.2 Å². The first-order valence-corrected chi connectivity index (χ1v) is 5.38. The molecule has 0 aromatic carbocycles. The van der Waals surface area contributed by atoms with Gasteiger partial charge in [0.05, 0.1) is 17.6 Å². The third kappa shape index (κ3) is 3.63. The van der Waals surface area contributed by atoms with Crippen LogP contribution in [0.15, 0.2) is 18.5 Å². The lowest BCUT2D eigenvalue weighted by Crippen LogP contribution is -1.97. The van der Waals surface area contributed by atoms with Gasteiger partial charge in [-0.2, -0.15) is 0 Å². The van der Waals surface area contributed by atoms with Gasteiger partial charge in [0.2, 0.25) is 0 Å². The largest absolute Gasteiger partial charge is 0.396 e. The molecule has 0 aliphatic rings. The molecule has 1 aromatic heterocycles. The molecule has 1 rings (SSSR count). The zero-order chi connectivity index (χ0) is 11.3. The van der Waals surface area contributed by atoms with Gasteiger partial charge in [0, 0.05) is 24.4 Å². The Bertz CT molecular complexity index is 390. The van der Waals surface area contributed by atoms with E-state index in [1.807, 2.05) is 12.2 Å². The van der Waals surface area contributed by atoms with Crippen LogP contribution < -0.4 is 11.5 Å². The highest BCUT2D eigenvalue weighted by Crippen LogP contribution is 2.19. The molecule has 4 nitrogen and oxygen atoms in total. The Balaban J connectivity index is 2.64. The molecule has 0 aliphatic carbocycles. The highest BCUT2D eigenvalue weighted by Gasteiger charge is 1.98. The summed E-state index contributed by atoms with van der Waals surface area (Å²) in [4.78, 5) is 14.6. The third-order valence-corrected chi connectivity index (χ3v) is 2.50. The molecule has 0 fully saturated rings. The fourth-order valence-electron chi connectivity index (χ4n) is 0.977. The molecule has 0 bridgehead atoms. The van der Waals surface area contributed by atoms with Gasteiger partial charge in [-0.25, -0.2) is 0 Å². The predicted molar refractivity (Wildman–Crippen MR) is 65.2 cm³/mol. The summed E-state index contributed by atoms with van der Waals surface area (Å²) in [5.74, 6) is 0.629. The molecular weight excluding hydrogens is 210 g/mol. The van der Waals surface area contributed by atoms with Crippen LogP contribution in [0.3, 0.4) is 0 Å². The number of pyridine rings is 1. The van der Waals surface area contributed by atoms with Gasteiger partial charge in [0.25, 0.3) is 0 Å². The molecular formula is C10H13N3OS. The van der Waals surface area contributed by atoms with Crippen LogP contribution in [-0.2, 0) is 4.79 Å². The minimum Gasteiger partial charge on any atom is -0.396 e. The Morgan fingerprint density at radius 3 is 2.93 bits per heavy atom. The summed E-state index contributed by atoms with van der Waals surface area (Å²) in [6, 6.07) is 0. The molecule has 5 heteroatoms. The van der Waals surface area contributed by atoms with Gasteiger partial charge in [-0.3, -0.25) is 9.78 Å². The molecule has 1 aromatic rings. The highest BCUT2D eigenvalue weighted by atomic mass is 32.2. The van der Waals surface area contributed by atoms with Crippen LogP contribution in [0.25, 0.3) is 6.08 Å². The Labute approximate surface area is 92.8 Å². The number of nitrogens with zero attached hydrogens (tertiary/aromatic N) is 1. The van der Waals surface area contributed by atoms with Crippen LogP contribution >= 0.6 is 11.8 Å². The molecule has 0 saturated heterocycles. The number of anilines is 2. The van der Waals surface area contributed by atoms with Crippen LogP contribution in [0.5, 0.6) is 0 Å². The molecule has 80 valence electrons. The minimum atomic E-state index is 0.0957. The van der Waals surface area contributed by atoms with Crippen LogP contribution in [0, 0.1) is 0 Å². The standard InChI is InChI=1S/C10H13N3OS/c1-7(14)15-4-2-3-8-5-13-6-9(11)10(8)12/h2-3,5-6H,4,11H2,1H3,(H2,12,13). The van der Waals surface area contributed by atoms with Gasteiger partial charge in [0.1, 0.15) is 0 Å². The second-order valence-corrected chi connectivity index (χ2v) is 4.13. The summed E-state index contributed by atoms with van der Waals surface area (Å²) in [5, 5.41) is 0.0957. The van der Waals surface area contributed by atoms with E-state index < -0.39 is 0 Å². The van der Waals surface area contributed by atoms with Gasteiger partial charge in [-0.05, 0) is 0 Å². The van der Waals surface area contributed by atoms with E-state index in [1.165, 1.54) is 24.9 Å². The second kappa shape index (κ2) is 5.41. The van der Waals surface area contributed by atoms with Gasteiger partial charge in [-0.15, -0.1) is 0 Å². The molecule has 1 heterocycles. The zero-order valence-electron chi connectivity index (χ0n) is 8.43. The third-order valence-electron chi connectivity index (χ3n) is 1.73.